The lowest BCUT2D eigenvalue weighted by Crippen LogP contribution is -2.12. The summed E-state index contributed by atoms with van der Waals surface area (Å²) >= 11 is 0. The molecule has 8 heteroatoms. The van der Waals surface area contributed by atoms with E-state index in [-0.39, 0.29) is 4.90 Å². The molecule has 0 fully saturated rings. The molecule has 5 rings (SSSR count). The number of anilines is 1. The van der Waals surface area contributed by atoms with Crippen LogP contribution in [0.3, 0.4) is 0 Å². The van der Waals surface area contributed by atoms with E-state index in [1.165, 1.54) is 12.1 Å². The van der Waals surface area contributed by atoms with E-state index in [0.717, 1.165) is 11.3 Å². The third-order valence-electron chi connectivity index (χ3n) is 4.78. The summed E-state index contributed by atoms with van der Waals surface area (Å²) in [6.45, 7) is 0. The average Bonchev–Trinajstić information content (AvgIpc) is 3.25. The van der Waals surface area contributed by atoms with E-state index in [9.17, 15) is 8.42 Å². The molecular formula is C24H18N4O3S. The number of para-hydroxylation sites is 1. The Kier molecular flexibility index (Phi) is 5.04. The Labute approximate surface area is 185 Å². The van der Waals surface area contributed by atoms with Crippen molar-refractivity contribution in [2.45, 2.75) is 4.90 Å². The normalized spacial score (nSPS) is 11.4. The van der Waals surface area contributed by atoms with E-state index in [2.05, 4.69) is 14.7 Å². The quantitative estimate of drug-likeness (QED) is 0.400. The molecule has 0 unspecified atom stereocenters. The van der Waals surface area contributed by atoms with Crippen LogP contribution in [-0.2, 0) is 10.0 Å². The molecule has 2 heterocycles. The van der Waals surface area contributed by atoms with Crippen molar-refractivity contribution in [2.24, 2.45) is 0 Å². The number of hydrogen-bond donors (Lipinski definition) is 1. The maximum absolute atomic E-state index is 12.8. The molecule has 0 amide bonds. The van der Waals surface area contributed by atoms with Crippen LogP contribution >= 0.6 is 0 Å². The first-order chi connectivity index (χ1) is 15.6. The predicted octanol–water partition coefficient (Wildman–Crippen LogP) is 4.99. The summed E-state index contributed by atoms with van der Waals surface area (Å²) < 4.78 is 35.7. The minimum Gasteiger partial charge on any atom is -0.457 e. The number of ether oxygens (including phenoxy) is 1. The predicted molar refractivity (Wildman–Crippen MR) is 122 cm³/mol. The first kappa shape index (κ1) is 19.8. The monoisotopic (exact) mass is 442 g/mol. The highest BCUT2D eigenvalue weighted by Gasteiger charge is 2.15. The van der Waals surface area contributed by atoms with Crippen LogP contribution < -0.4 is 9.46 Å². The SMILES string of the molecule is O=S(=O)(Nc1ccc(-c2cn3cccnc3n2)cc1)c1ccc(Oc2ccccc2)cc1. The van der Waals surface area contributed by atoms with Crippen LogP contribution in [0, 0.1) is 0 Å². The highest BCUT2D eigenvalue weighted by molar-refractivity contribution is 7.92. The number of hydrogen-bond acceptors (Lipinski definition) is 5. The Bertz CT molecular complexity index is 1430. The molecule has 0 bridgehead atoms. The van der Waals surface area contributed by atoms with Crippen molar-refractivity contribution in [2.75, 3.05) is 4.72 Å². The van der Waals surface area contributed by atoms with Gasteiger partial charge in [-0.05, 0) is 54.6 Å². The van der Waals surface area contributed by atoms with Crippen LogP contribution in [0.5, 0.6) is 11.5 Å². The summed E-state index contributed by atoms with van der Waals surface area (Å²) in [5.74, 6) is 1.84. The van der Waals surface area contributed by atoms with Crippen molar-refractivity contribution < 1.29 is 13.2 Å². The molecule has 0 radical (unpaired) electrons. The van der Waals surface area contributed by atoms with Crippen LogP contribution in [0.4, 0.5) is 5.69 Å². The van der Waals surface area contributed by atoms with Gasteiger partial charge < -0.3 is 4.74 Å². The molecule has 3 aromatic carbocycles. The van der Waals surface area contributed by atoms with E-state index in [1.54, 1.807) is 30.5 Å². The summed E-state index contributed by atoms with van der Waals surface area (Å²) in [6, 6.07) is 24.5. The Morgan fingerprint density at radius 2 is 1.53 bits per heavy atom. The number of nitrogens with zero attached hydrogens (tertiary/aromatic N) is 3. The third kappa shape index (κ3) is 4.17. The van der Waals surface area contributed by atoms with Gasteiger partial charge in [-0.25, -0.2) is 18.4 Å². The van der Waals surface area contributed by atoms with Gasteiger partial charge in [-0.3, -0.25) is 9.12 Å². The fraction of sp³-hybridized carbons (Fsp3) is 0. The zero-order chi connectivity index (χ0) is 22.0. The second kappa shape index (κ2) is 8.16. The molecule has 5 aromatic rings. The zero-order valence-corrected chi connectivity index (χ0v) is 17.6. The van der Waals surface area contributed by atoms with E-state index < -0.39 is 10.0 Å². The summed E-state index contributed by atoms with van der Waals surface area (Å²) in [6.07, 6.45) is 5.43. The maximum atomic E-state index is 12.8. The van der Waals surface area contributed by atoms with Crippen LogP contribution in [0.15, 0.2) is 108 Å². The minimum atomic E-state index is -3.74. The lowest BCUT2D eigenvalue weighted by molar-refractivity contribution is 0.482. The third-order valence-corrected chi connectivity index (χ3v) is 6.18. The maximum Gasteiger partial charge on any atom is 0.261 e. The summed E-state index contributed by atoms with van der Waals surface area (Å²) in [7, 11) is -3.74. The second-order valence-electron chi connectivity index (χ2n) is 7.02. The van der Waals surface area contributed by atoms with Gasteiger partial charge in [-0.1, -0.05) is 30.3 Å². The van der Waals surface area contributed by atoms with Crippen molar-refractivity contribution >= 4 is 21.5 Å². The van der Waals surface area contributed by atoms with Crippen LogP contribution in [-0.4, -0.2) is 22.8 Å². The number of benzene rings is 3. The van der Waals surface area contributed by atoms with Gasteiger partial charge in [0.1, 0.15) is 11.5 Å². The van der Waals surface area contributed by atoms with Crippen LogP contribution in [0.25, 0.3) is 17.0 Å². The molecule has 1 N–H and O–H groups in total. The molecule has 0 saturated heterocycles. The minimum absolute atomic E-state index is 0.147. The Morgan fingerprint density at radius 1 is 0.812 bits per heavy atom. The van der Waals surface area contributed by atoms with Gasteiger partial charge in [-0.2, -0.15) is 0 Å². The highest BCUT2D eigenvalue weighted by Crippen LogP contribution is 2.25. The average molecular weight is 443 g/mol. The fourth-order valence-corrected chi connectivity index (χ4v) is 4.26. The van der Waals surface area contributed by atoms with Gasteiger partial charge in [0.25, 0.3) is 10.0 Å². The van der Waals surface area contributed by atoms with Gasteiger partial charge in [0.05, 0.1) is 10.6 Å². The lowest BCUT2D eigenvalue weighted by Gasteiger charge is -2.10. The summed E-state index contributed by atoms with van der Waals surface area (Å²) in [5, 5.41) is 0. The van der Waals surface area contributed by atoms with Gasteiger partial charge in [-0.15, -0.1) is 0 Å². The first-order valence-electron chi connectivity index (χ1n) is 9.83. The van der Waals surface area contributed by atoms with Crippen molar-refractivity contribution in [1.29, 1.82) is 0 Å². The molecule has 0 atom stereocenters. The standard InChI is InChI=1S/C24H18N4O3S/c29-32(30,22-13-11-21(12-14-22)31-20-5-2-1-3-6-20)27-19-9-7-18(8-10-19)23-17-28-16-4-15-25-24(28)26-23/h1-17,27H. The number of nitrogens with one attached hydrogen (secondary N) is 1. The first-order valence-corrected chi connectivity index (χ1v) is 11.3. The molecular weight excluding hydrogens is 424 g/mol. The molecule has 0 aliphatic heterocycles. The molecule has 0 aliphatic rings. The largest absolute Gasteiger partial charge is 0.457 e. The highest BCUT2D eigenvalue weighted by atomic mass is 32.2. The molecule has 2 aromatic heterocycles. The molecule has 0 spiro atoms. The van der Waals surface area contributed by atoms with E-state index in [4.69, 9.17) is 4.74 Å². The van der Waals surface area contributed by atoms with Crippen LogP contribution in [0.1, 0.15) is 0 Å². The van der Waals surface area contributed by atoms with Crippen molar-refractivity contribution in [1.82, 2.24) is 14.4 Å². The van der Waals surface area contributed by atoms with Gasteiger partial charge in [0.15, 0.2) is 0 Å². The number of fused-ring (bicyclic) bond motifs is 1. The zero-order valence-electron chi connectivity index (χ0n) is 16.8. The van der Waals surface area contributed by atoms with Gasteiger partial charge in [0.2, 0.25) is 5.78 Å². The van der Waals surface area contributed by atoms with Crippen LogP contribution in [0.2, 0.25) is 0 Å². The molecule has 158 valence electrons. The lowest BCUT2D eigenvalue weighted by atomic mass is 10.1. The van der Waals surface area contributed by atoms with Crippen molar-refractivity contribution in [3.05, 3.63) is 104 Å². The Balaban J connectivity index is 1.30. The number of sulfonamides is 1. The molecule has 32 heavy (non-hydrogen) atoms. The van der Waals surface area contributed by atoms with Crippen molar-refractivity contribution in [3.8, 4) is 22.8 Å². The molecule has 0 saturated carbocycles. The van der Waals surface area contributed by atoms with Crippen molar-refractivity contribution in [3.63, 3.8) is 0 Å². The number of aromatic nitrogens is 3. The Hall–Kier alpha value is -4.17. The smallest absolute Gasteiger partial charge is 0.261 e. The fourth-order valence-electron chi connectivity index (χ4n) is 3.20. The van der Waals surface area contributed by atoms with E-state index in [0.29, 0.717) is 23.0 Å². The van der Waals surface area contributed by atoms with Gasteiger partial charge in [0, 0.05) is 29.8 Å². The molecule has 0 aliphatic carbocycles. The second-order valence-corrected chi connectivity index (χ2v) is 8.70. The summed E-state index contributed by atoms with van der Waals surface area (Å²) in [5.41, 5.74) is 2.08. The van der Waals surface area contributed by atoms with E-state index >= 15 is 0 Å². The topological polar surface area (TPSA) is 85.6 Å². The van der Waals surface area contributed by atoms with Gasteiger partial charge >= 0.3 is 0 Å². The summed E-state index contributed by atoms with van der Waals surface area (Å²) in [4.78, 5) is 8.83. The number of rotatable bonds is 6. The van der Waals surface area contributed by atoms with E-state index in [1.807, 2.05) is 65.3 Å². The Morgan fingerprint density at radius 3 is 2.25 bits per heavy atom. The number of imidazole rings is 1. The molecule has 7 nitrogen and oxygen atoms in total.